The minimum absolute atomic E-state index is 0.208. The molecule has 6 nitrogen and oxygen atoms in total. The Labute approximate surface area is 161 Å². The quantitative estimate of drug-likeness (QED) is 0.701. The van der Waals surface area contributed by atoms with Gasteiger partial charge in [0.25, 0.3) is 0 Å². The molecular formula is C17H18IN3O3S. The maximum atomic E-state index is 12.6. The van der Waals surface area contributed by atoms with Crippen LogP contribution >= 0.6 is 22.6 Å². The van der Waals surface area contributed by atoms with Gasteiger partial charge in [-0.1, -0.05) is 30.3 Å². The smallest absolute Gasteiger partial charge is 0.321 e. The number of benzene rings is 2. The lowest BCUT2D eigenvalue weighted by molar-refractivity contribution is 0.184. The van der Waals surface area contributed by atoms with Crippen molar-refractivity contribution < 1.29 is 13.2 Å². The summed E-state index contributed by atoms with van der Waals surface area (Å²) >= 11 is 2.16. The first-order chi connectivity index (χ1) is 12.0. The number of carbonyl (C=O) groups is 1. The third kappa shape index (κ3) is 4.13. The molecule has 0 radical (unpaired) electrons. The Morgan fingerprint density at radius 1 is 0.920 bits per heavy atom. The van der Waals surface area contributed by atoms with Crippen LogP contribution in [-0.4, -0.2) is 49.8 Å². The van der Waals surface area contributed by atoms with Gasteiger partial charge in [0.2, 0.25) is 10.0 Å². The molecule has 1 heterocycles. The largest absolute Gasteiger partial charge is 0.322 e. The summed E-state index contributed by atoms with van der Waals surface area (Å²) < 4.78 is 27.6. The predicted octanol–water partition coefficient (Wildman–Crippen LogP) is 2.83. The number of nitrogens with zero attached hydrogens (tertiary/aromatic N) is 2. The number of halogens is 1. The zero-order valence-corrected chi connectivity index (χ0v) is 16.4. The van der Waals surface area contributed by atoms with Crippen LogP contribution in [0.25, 0.3) is 0 Å². The van der Waals surface area contributed by atoms with Gasteiger partial charge in [-0.3, -0.25) is 0 Å². The molecule has 1 aliphatic heterocycles. The molecule has 2 amide bonds. The van der Waals surface area contributed by atoms with Crippen LogP contribution in [0.2, 0.25) is 0 Å². The second kappa shape index (κ2) is 7.71. The first-order valence-corrected chi connectivity index (χ1v) is 10.4. The van der Waals surface area contributed by atoms with Gasteiger partial charge in [-0.15, -0.1) is 0 Å². The Bertz CT molecular complexity index is 850. The van der Waals surface area contributed by atoms with E-state index in [4.69, 9.17) is 0 Å². The highest BCUT2D eigenvalue weighted by molar-refractivity contribution is 14.1. The van der Waals surface area contributed by atoms with Gasteiger partial charge in [0, 0.05) is 29.7 Å². The average Bonchev–Trinajstić information content (AvgIpc) is 2.64. The minimum atomic E-state index is -3.50. The number of anilines is 1. The molecule has 3 rings (SSSR count). The number of nitrogens with one attached hydrogen (secondary N) is 1. The summed E-state index contributed by atoms with van der Waals surface area (Å²) in [6.45, 7) is 1.30. The molecule has 0 aromatic heterocycles. The van der Waals surface area contributed by atoms with Crippen LogP contribution in [-0.2, 0) is 10.0 Å². The number of rotatable bonds is 3. The second-order valence-electron chi connectivity index (χ2n) is 5.61. The molecule has 2 aromatic rings. The van der Waals surface area contributed by atoms with Crippen molar-refractivity contribution in [1.29, 1.82) is 0 Å². The van der Waals surface area contributed by atoms with Crippen LogP contribution in [0, 0.1) is 3.57 Å². The number of carbonyl (C=O) groups excluding carboxylic acids is 1. The lowest BCUT2D eigenvalue weighted by Gasteiger charge is -2.34. The van der Waals surface area contributed by atoms with E-state index in [9.17, 15) is 13.2 Å². The van der Waals surface area contributed by atoms with Crippen LogP contribution in [0.3, 0.4) is 0 Å². The Morgan fingerprint density at radius 3 is 2.16 bits per heavy atom. The molecule has 8 heteroatoms. The Morgan fingerprint density at radius 2 is 1.52 bits per heavy atom. The number of para-hydroxylation sites is 1. The standard InChI is InChI=1S/C17H18IN3O3S/c18-15-8-4-5-9-16(15)19-17(22)20-10-12-21(13-11-20)25(23,24)14-6-2-1-3-7-14/h1-9H,10-13H2,(H,19,22). The number of piperazine rings is 1. The Hall–Kier alpha value is -1.65. The third-order valence-electron chi connectivity index (χ3n) is 4.02. The topological polar surface area (TPSA) is 69.7 Å². The summed E-state index contributed by atoms with van der Waals surface area (Å²) in [6, 6.07) is 15.7. The number of hydrogen-bond acceptors (Lipinski definition) is 3. The first kappa shape index (κ1) is 18.2. The van der Waals surface area contributed by atoms with Gasteiger partial charge in [-0.25, -0.2) is 13.2 Å². The van der Waals surface area contributed by atoms with E-state index in [1.54, 1.807) is 35.2 Å². The van der Waals surface area contributed by atoms with E-state index in [0.29, 0.717) is 13.1 Å². The van der Waals surface area contributed by atoms with E-state index in [-0.39, 0.29) is 24.0 Å². The second-order valence-corrected chi connectivity index (χ2v) is 8.71. The number of urea groups is 1. The number of sulfonamides is 1. The molecule has 132 valence electrons. The van der Waals surface area contributed by atoms with Crippen molar-refractivity contribution in [3.63, 3.8) is 0 Å². The van der Waals surface area contributed by atoms with E-state index in [1.807, 2.05) is 24.3 Å². The van der Waals surface area contributed by atoms with Crippen molar-refractivity contribution >= 4 is 44.3 Å². The average molecular weight is 471 g/mol. The zero-order valence-electron chi connectivity index (χ0n) is 13.4. The van der Waals surface area contributed by atoms with E-state index in [0.717, 1.165) is 9.26 Å². The molecule has 1 aliphatic rings. The van der Waals surface area contributed by atoms with Crippen molar-refractivity contribution in [2.45, 2.75) is 4.90 Å². The fraction of sp³-hybridized carbons (Fsp3) is 0.235. The molecule has 0 unspecified atom stereocenters. The number of hydrogen-bond donors (Lipinski definition) is 1. The summed E-state index contributed by atoms with van der Waals surface area (Å²) in [5.41, 5.74) is 0.757. The van der Waals surface area contributed by atoms with Crippen molar-refractivity contribution in [3.05, 3.63) is 58.2 Å². The molecule has 1 saturated heterocycles. The number of amides is 2. The van der Waals surface area contributed by atoms with Crippen molar-refractivity contribution in [2.75, 3.05) is 31.5 Å². The zero-order chi connectivity index (χ0) is 17.9. The first-order valence-electron chi connectivity index (χ1n) is 7.84. The molecule has 0 saturated carbocycles. The van der Waals surface area contributed by atoms with Gasteiger partial charge < -0.3 is 10.2 Å². The molecule has 1 N–H and O–H groups in total. The molecular weight excluding hydrogens is 453 g/mol. The van der Waals surface area contributed by atoms with Gasteiger partial charge >= 0.3 is 6.03 Å². The minimum Gasteiger partial charge on any atom is -0.322 e. The van der Waals surface area contributed by atoms with Crippen molar-refractivity contribution in [1.82, 2.24) is 9.21 Å². The fourth-order valence-corrected chi connectivity index (χ4v) is 4.60. The molecule has 0 spiro atoms. The van der Waals surface area contributed by atoms with Gasteiger partial charge in [0.05, 0.1) is 10.6 Å². The van der Waals surface area contributed by atoms with E-state index in [2.05, 4.69) is 27.9 Å². The van der Waals surface area contributed by atoms with E-state index in [1.165, 1.54) is 4.31 Å². The highest BCUT2D eigenvalue weighted by Crippen LogP contribution is 2.20. The summed E-state index contributed by atoms with van der Waals surface area (Å²) in [7, 11) is -3.50. The van der Waals surface area contributed by atoms with Crippen LogP contribution in [0.15, 0.2) is 59.5 Å². The highest BCUT2D eigenvalue weighted by Gasteiger charge is 2.30. The van der Waals surface area contributed by atoms with E-state index >= 15 is 0 Å². The summed E-state index contributed by atoms with van der Waals surface area (Å²) in [4.78, 5) is 14.3. The van der Waals surface area contributed by atoms with Crippen molar-refractivity contribution in [3.8, 4) is 0 Å². The van der Waals surface area contributed by atoms with Crippen LogP contribution in [0.1, 0.15) is 0 Å². The van der Waals surface area contributed by atoms with Crippen LogP contribution in [0.4, 0.5) is 10.5 Å². The lowest BCUT2D eigenvalue weighted by Crippen LogP contribution is -2.51. The molecule has 0 aliphatic carbocycles. The highest BCUT2D eigenvalue weighted by atomic mass is 127. The van der Waals surface area contributed by atoms with Crippen molar-refractivity contribution in [2.24, 2.45) is 0 Å². The van der Waals surface area contributed by atoms with Gasteiger partial charge in [-0.05, 0) is 46.9 Å². The molecule has 1 fully saturated rings. The Balaban J connectivity index is 1.62. The SMILES string of the molecule is O=C(Nc1ccccc1I)N1CCN(S(=O)(=O)c2ccccc2)CC1. The van der Waals surface area contributed by atoms with Crippen LogP contribution in [0.5, 0.6) is 0 Å². The van der Waals surface area contributed by atoms with Gasteiger partial charge in [0.1, 0.15) is 0 Å². The molecule has 0 bridgehead atoms. The Kier molecular flexibility index (Phi) is 5.60. The monoisotopic (exact) mass is 471 g/mol. The van der Waals surface area contributed by atoms with E-state index < -0.39 is 10.0 Å². The summed E-state index contributed by atoms with van der Waals surface area (Å²) in [5, 5.41) is 2.88. The molecule has 0 atom stereocenters. The predicted molar refractivity (Wildman–Crippen MR) is 105 cm³/mol. The van der Waals surface area contributed by atoms with Gasteiger partial charge in [0.15, 0.2) is 0 Å². The molecule has 2 aromatic carbocycles. The molecule has 25 heavy (non-hydrogen) atoms. The maximum Gasteiger partial charge on any atom is 0.321 e. The van der Waals surface area contributed by atoms with Gasteiger partial charge in [-0.2, -0.15) is 4.31 Å². The maximum absolute atomic E-state index is 12.6. The summed E-state index contributed by atoms with van der Waals surface area (Å²) in [6.07, 6.45) is 0. The third-order valence-corrected chi connectivity index (χ3v) is 6.88. The van der Waals surface area contributed by atoms with Crippen LogP contribution < -0.4 is 5.32 Å². The summed E-state index contributed by atoms with van der Waals surface area (Å²) in [5.74, 6) is 0. The fourth-order valence-electron chi connectivity index (χ4n) is 2.63. The normalized spacial score (nSPS) is 15.8. The lowest BCUT2D eigenvalue weighted by atomic mass is 10.3.